The Morgan fingerprint density at radius 1 is 1.36 bits per heavy atom. The third kappa shape index (κ3) is 3.14. The summed E-state index contributed by atoms with van der Waals surface area (Å²) < 4.78 is 11.1. The van der Waals surface area contributed by atoms with Crippen LogP contribution < -0.4 is 4.74 Å². The van der Waals surface area contributed by atoms with Crippen LogP contribution in [0.4, 0.5) is 0 Å². The van der Waals surface area contributed by atoms with Crippen LogP contribution in [-0.2, 0) is 4.74 Å². The lowest BCUT2D eigenvalue weighted by Gasteiger charge is -2.56. The molecule has 6 heteroatoms. The number of likely N-dealkylation sites (tertiary alicyclic amines) is 1. The number of piperidine rings is 1. The molecular formula is C19H27NO5. The maximum absolute atomic E-state index is 12.9. The fourth-order valence-corrected chi connectivity index (χ4v) is 4.20. The van der Waals surface area contributed by atoms with Gasteiger partial charge in [0.05, 0.1) is 38.1 Å². The van der Waals surface area contributed by atoms with Gasteiger partial charge in [-0.05, 0) is 31.4 Å². The van der Waals surface area contributed by atoms with Crippen molar-refractivity contribution in [3.05, 3.63) is 29.3 Å². The number of benzene rings is 1. The molecule has 1 aromatic carbocycles. The Balaban J connectivity index is 1.68. The summed E-state index contributed by atoms with van der Waals surface area (Å²) in [5.41, 5.74) is 1.25. The number of para-hydroxylation sites is 1. The molecule has 6 nitrogen and oxygen atoms in total. The van der Waals surface area contributed by atoms with Gasteiger partial charge in [-0.1, -0.05) is 12.1 Å². The lowest BCUT2D eigenvalue weighted by atomic mass is 9.58. The fourth-order valence-electron chi connectivity index (χ4n) is 4.20. The van der Waals surface area contributed by atoms with Gasteiger partial charge in [-0.2, -0.15) is 0 Å². The van der Waals surface area contributed by atoms with E-state index in [2.05, 4.69) is 0 Å². The SMILES string of the molecule is COc1c(C)cccc1C(=O)N1CCC2(CC1)[C@H](O)C[C@@H]2OCCO. The quantitative estimate of drug-likeness (QED) is 0.839. The summed E-state index contributed by atoms with van der Waals surface area (Å²) in [5.74, 6) is 0.595. The summed E-state index contributed by atoms with van der Waals surface area (Å²) in [6.45, 7) is 3.38. The zero-order valence-electron chi connectivity index (χ0n) is 14.9. The Morgan fingerprint density at radius 2 is 2.08 bits per heavy atom. The Hall–Kier alpha value is -1.63. The van der Waals surface area contributed by atoms with Gasteiger partial charge in [-0.15, -0.1) is 0 Å². The second-order valence-corrected chi connectivity index (χ2v) is 7.02. The number of aliphatic hydroxyl groups excluding tert-OH is 2. The minimum absolute atomic E-state index is 0.0135. The molecule has 2 N–H and O–H groups in total. The molecule has 1 heterocycles. The van der Waals surface area contributed by atoms with Crippen molar-refractivity contribution in [2.75, 3.05) is 33.4 Å². The van der Waals surface area contributed by atoms with Gasteiger partial charge in [-0.3, -0.25) is 4.79 Å². The number of aryl methyl sites for hydroxylation is 1. The number of carbonyl (C=O) groups excluding carboxylic acids is 1. The molecule has 1 amide bonds. The van der Waals surface area contributed by atoms with Crippen LogP contribution in [0.3, 0.4) is 0 Å². The van der Waals surface area contributed by atoms with Crippen LogP contribution in [0.2, 0.25) is 0 Å². The van der Waals surface area contributed by atoms with Gasteiger partial charge < -0.3 is 24.6 Å². The Labute approximate surface area is 148 Å². The van der Waals surface area contributed by atoms with E-state index in [4.69, 9.17) is 14.6 Å². The maximum atomic E-state index is 12.9. The number of ether oxygens (including phenoxy) is 2. The van der Waals surface area contributed by atoms with Crippen molar-refractivity contribution in [3.8, 4) is 5.75 Å². The average molecular weight is 349 g/mol. The molecule has 1 aromatic rings. The van der Waals surface area contributed by atoms with Gasteiger partial charge in [-0.25, -0.2) is 0 Å². The molecule has 1 aliphatic heterocycles. The maximum Gasteiger partial charge on any atom is 0.257 e. The first-order valence-corrected chi connectivity index (χ1v) is 8.87. The second kappa shape index (κ2) is 7.32. The van der Waals surface area contributed by atoms with E-state index in [-0.39, 0.29) is 30.1 Å². The molecule has 3 rings (SSSR count). The highest BCUT2D eigenvalue weighted by Gasteiger charge is 2.56. The summed E-state index contributed by atoms with van der Waals surface area (Å²) in [6.07, 6.45) is 1.62. The normalized spacial score (nSPS) is 24.9. The van der Waals surface area contributed by atoms with Crippen LogP contribution in [0.1, 0.15) is 35.2 Å². The molecule has 0 radical (unpaired) electrons. The van der Waals surface area contributed by atoms with Gasteiger partial charge in [0.15, 0.2) is 0 Å². The number of rotatable bonds is 5. The largest absolute Gasteiger partial charge is 0.496 e. The molecule has 1 spiro atoms. The molecule has 138 valence electrons. The standard InChI is InChI=1S/C19H27NO5/c1-13-4-3-5-14(17(13)24-2)18(23)20-8-6-19(7-9-20)15(22)12-16(19)25-11-10-21/h3-5,15-16,21-22H,6-12H2,1-2H3/t15-,16+/m1/s1. The summed E-state index contributed by atoms with van der Waals surface area (Å²) in [7, 11) is 1.58. The van der Waals surface area contributed by atoms with Gasteiger partial charge in [0.1, 0.15) is 5.75 Å². The molecular weight excluding hydrogens is 322 g/mol. The van der Waals surface area contributed by atoms with Crippen molar-refractivity contribution in [2.45, 2.75) is 38.4 Å². The lowest BCUT2D eigenvalue weighted by Crippen LogP contribution is -2.62. The number of amides is 1. The zero-order valence-corrected chi connectivity index (χ0v) is 14.9. The van der Waals surface area contributed by atoms with Crippen LogP contribution >= 0.6 is 0 Å². The van der Waals surface area contributed by atoms with Gasteiger partial charge in [0.25, 0.3) is 5.91 Å². The molecule has 0 bridgehead atoms. The average Bonchev–Trinajstić information content (AvgIpc) is 2.64. The minimum Gasteiger partial charge on any atom is -0.496 e. The van der Waals surface area contributed by atoms with Gasteiger partial charge >= 0.3 is 0 Å². The highest BCUT2D eigenvalue weighted by Crippen LogP contribution is 2.51. The van der Waals surface area contributed by atoms with E-state index in [0.29, 0.717) is 50.3 Å². The van der Waals surface area contributed by atoms with Crippen molar-refractivity contribution in [1.82, 2.24) is 4.90 Å². The third-order valence-electron chi connectivity index (χ3n) is 5.78. The fraction of sp³-hybridized carbons (Fsp3) is 0.632. The molecule has 2 aliphatic rings. The van der Waals surface area contributed by atoms with E-state index in [9.17, 15) is 9.90 Å². The zero-order chi connectivity index (χ0) is 18.0. The topological polar surface area (TPSA) is 79.2 Å². The van der Waals surface area contributed by atoms with Crippen LogP contribution in [0.25, 0.3) is 0 Å². The predicted octanol–water partition coefficient (Wildman–Crippen LogP) is 1.37. The first kappa shape index (κ1) is 18.2. The molecule has 2 fully saturated rings. The first-order valence-electron chi connectivity index (χ1n) is 8.87. The molecule has 0 unspecified atom stereocenters. The summed E-state index contributed by atoms with van der Waals surface area (Å²) in [4.78, 5) is 14.7. The smallest absolute Gasteiger partial charge is 0.257 e. The monoisotopic (exact) mass is 349 g/mol. The predicted molar refractivity (Wildman–Crippen MR) is 92.8 cm³/mol. The van der Waals surface area contributed by atoms with E-state index in [0.717, 1.165) is 5.56 Å². The van der Waals surface area contributed by atoms with E-state index in [1.807, 2.05) is 24.0 Å². The number of carbonyl (C=O) groups is 1. The second-order valence-electron chi connectivity index (χ2n) is 7.02. The number of hydrogen-bond acceptors (Lipinski definition) is 5. The van der Waals surface area contributed by atoms with Crippen LogP contribution in [-0.4, -0.2) is 66.6 Å². The minimum atomic E-state index is -0.387. The number of aliphatic hydroxyl groups is 2. The van der Waals surface area contributed by atoms with Crippen LogP contribution in [0.5, 0.6) is 5.75 Å². The molecule has 25 heavy (non-hydrogen) atoms. The Bertz CT molecular complexity index is 624. The molecule has 1 saturated heterocycles. The molecule has 1 saturated carbocycles. The van der Waals surface area contributed by atoms with Crippen molar-refractivity contribution in [1.29, 1.82) is 0 Å². The van der Waals surface area contributed by atoms with E-state index < -0.39 is 0 Å². The highest BCUT2D eigenvalue weighted by molar-refractivity contribution is 5.97. The van der Waals surface area contributed by atoms with Gasteiger partial charge in [0.2, 0.25) is 0 Å². The van der Waals surface area contributed by atoms with Crippen molar-refractivity contribution in [3.63, 3.8) is 0 Å². The van der Waals surface area contributed by atoms with Crippen LogP contribution in [0.15, 0.2) is 18.2 Å². The lowest BCUT2D eigenvalue weighted by molar-refractivity contribution is -0.211. The highest BCUT2D eigenvalue weighted by atomic mass is 16.5. The van der Waals surface area contributed by atoms with E-state index >= 15 is 0 Å². The van der Waals surface area contributed by atoms with E-state index in [1.165, 1.54) is 0 Å². The van der Waals surface area contributed by atoms with Crippen molar-refractivity contribution >= 4 is 5.91 Å². The number of hydrogen-bond donors (Lipinski definition) is 2. The van der Waals surface area contributed by atoms with E-state index in [1.54, 1.807) is 13.2 Å². The van der Waals surface area contributed by atoms with Crippen LogP contribution in [0, 0.1) is 12.3 Å². The summed E-state index contributed by atoms with van der Waals surface area (Å²) in [6, 6.07) is 5.59. The third-order valence-corrected chi connectivity index (χ3v) is 5.78. The Kier molecular flexibility index (Phi) is 5.32. The number of nitrogens with zero attached hydrogens (tertiary/aromatic N) is 1. The summed E-state index contributed by atoms with van der Waals surface area (Å²) >= 11 is 0. The van der Waals surface area contributed by atoms with Crippen molar-refractivity contribution < 1.29 is 24.5 Å². The molecule has 1 aliphatic carbocycles. The van der Waals surface area contributed by atoms with Gasteiger partial charge in [0, 0.05) is 24.9 Å². The number of methoxy groups -OCH3 is 1. The first-order chi connectivity index (χ1) is 12.0. The van der Waals surface area contributed by atoms with Crippen molar-refractivity contribution in [2.24, 2.45) is 5.41 Å². The molecule has 0 aromatic heterocycles. The summed E-state index contributed by atoms with van der Waals surface area (Å²) in [5, 5.41) is 19.2. The Morgan fingerprint density at radius 3 is 2.68 bits per heavy atom. The molecule has 2 atom stereocenters.